The molecule has 0 amide bonds. The lowest BCUT2D eigenvalue weighted by molar-refractivity contribution is 0.0959. The summed E-state index contributed by atoms with van der Waals surface area (Å²) in [5.74, 6) is 3.07. The summed E-state index contributed by atoms with van der Waals surface area (Å²) in [5, 5.41) is 3.12. The van der Waals surface area contributed by atoms with Crippen molar-refractivity contribution in [1.29, 1.82) is 0 Å². The van der Waals surface area contributed by atoms with Crippen molar-refractivity contribution in [3.05, 3.63) is 59.7 Å². The number of furan rings is 1. The van der Waals surface area contributed by atoms with Crippen LogP contribution in [0.25, 0.3) is 0 Å². The number of carbonyl (C=O) groups is 1. The monoisotopic (exact) mass is 433 g/mol. The maximum Gasteiger partial charge on any atom is 0.227 e. The molecule has 8 nitrogen and oxygen atoms in total. The number of anilines is 3. The van der Waals surface area contributed by atoms with E-state index in [0.717, 1.165) is 49.1 Å². The molecule has 1 aliphatic carbocycles. The molecule has 0 spiro atoms. The molecule has 2 aliphatic rings. The van der Waals surface area contributed by atoms with Gasteiger partial charge in [0.05, 0.1) is 30.3 Å². The van der Waals surface area contributed by atoms with Crippen LogP contribution in [-0.4, -0.2) is 56.1 Å². The molecule has 1 fully saturated rings. The molecule has 1 saturated heterocycles. The van der Waals surface area contributed by atoms with Crippen molar-refractivity contribution in [2.75, 3.05) is 55.5 Å². The van der Waals surface area contributed by atoms with Crippen molar-refractivity contribution in [2.45, 2.75) is 18.8 Å². The number of rotatable bonds is 5. The highest BCUT2D eigenvalue weighted by molar-refractivity contribution is 6.03. The van der Waals surface area contributed by atoms with E-state index in [-0.39, 0.29) is 11.7 Å². The number of nitrogens with zero attached hydrogens (tertiary/aromatic N) is 4. The molecule has 1 N–H and O–H groups in total. The number of ether oxygens (including phenoxy) is 1. The largest absolute Gasteiger partial charge is 0.495 e. The van der Waals surface area contributed by atoms with Gasteiger partial charge in [0.25, 0.3) is 0 Å². The first-order chi connectivity index (χ1) is 15.7. The zero-order valence-electron chi connectivity index (χ0n) is 18.4. The van der Waals surface area contributed by atoms with Crippen LogP contribution in [0.3, 0.4) is 0 Å². The average molecular weight is 434 g/mol. The van der Waals surface area contributed by atoms with Crippen LogP contribution in [0, 0.1) is 0 Å². The van der Waals surface area contributed by atoms with Crippen LogP contribution in [-0.2, 0) is 6.42 Å². The summed E-state index contributed by atoms with van der Waals surface area (Å²) in [7, 11) is 3.50. The molecule has 1 aliphatic heterocycles. The van der Waals surface area contributed by atoms with Crippen molar-refractivity contribution in [1.82, 2.24) is 9.97 Å². The number of Topliss-reactive ketones (excluding diaryl/α,β-unsaturated/α-hetero) is 1. The fraction of sp³-hybridized carbons (Fsp3) is 0.375. The summed E-state index contributed by atoms with van der Waals surface area (Å²) in [4.78, 5) is 27.0. The average Bonchev–Trinajstić information content (AvgIpc) is 3.38. The van der Waals surface area contributed by atoms with Gasteiger partial charge in [0.15, 0.2) is 5.78 Å². The van der Waals surface area contributed by atoms with Gasteiger partial charge in [-0.05, 0) is 24.3 Å². The smallest absolute Gasteiger partial charge is 0.227 e. The molecule has 32 heavy (non-hydrogen) atoms. The number of aromatic nitrogens is 2. The van der Waals surface area contributed by atoms with E-state index < -0.39 is 0 Å². The molecule has 5 rings (SSSR count). The van der Waals surface area contributed by atoms with E-state index in [1.165, 1.54) is 0 Å². The van der Waals surface area contributed by atoms with Crippen molar-refractivity contribution < 1.29 is 13.9 Å². The van der Waals surface area contributed by atoms with Gasteiger partial charge in [0.1, 0.15) is 17.3 Å². The number of benzene rings is 1. The van der Waals surface area contributed by atoms with Crippen LogP contribution in [0.4, 0.5) is 17.5 Å². The molecular weight excluding hydrogens is 406 g/mol. The molecule has 0 saturated carbocycles. The first kappa shape index (κ1) is 20.4. The van der Waals surface area contributed by atoms with Crippen LogP contribution < -0.4 is 19.9 Å². The maximum atomic E-state index is 12.9. The molecule has 0 unspecified atom stereocenters. The van der Waals surface area contributed by atoms with Gasteiger partial charge >= 0.3 is 0 Å². The van der Waals surface area contributed by atoms with Crippen LogP contribution >= 0.6 is 0 Å². The Morgan fingerprint density at radius 1 is 1.03 bits per heavy atom. The van der Waals surface area contributed by atoms with E-state index in [1.807, 2.05) is 30.3 Å². The first-order valence-corrected chi connectivity index (χ1v) is 11.0. The highest BCUT2D eigenvalue weighted by Gasteiger charge is 2.33. The minimum Gasteiger partial charge on any atom is -0.495 e. The van der Waals surface area contributed by atoms with Gasteiger partial charge < -0.3 is 24.3 Å². The van der Waals surface area contributed by atoms with Crippen LogP contribution in [0.1, 0.15) is 34.2 Å². The number of hydrogen-bond acceptors (Lipinski definition) is 8. The Balaban J connectivity index is 1.38. The van der Waals surface area contributed by atoms with Gasteiger partial charge in [-0.1, -0.05) is 12.1 Å². The van der Waals surface area contributed by atoms with E-state index in [1.54, 1.807) is 20.4 Å². The predicted octanol–water partition coefficient (Wildman–Crippen LogP) is 3.36. The zero-order valence-corrected chi connectivity index (χ0v) is 18.4. The minimum absolute atomic E-state index is 0.0137. The summed E-state index contributed by atoms with van der Waals surface area (Å²) in [6.07, 6.45) is 2.73. The fourth-order valence-corrected chi connectivity index (χ4v) is 4.65. The van der Waals surface area contributed by atoms with Crippen LogP contribution in [0.2, 0.25) is 0 Å². The van der Waals surface area contributed by atoms with Gasteiger partial charge in [-0.25, -0.2) is 4.98 Å². The van der Waals surface area contributed by atoms with E-state index in [9.17, 15) is 4.79 Å². The molecule has 2 aromatic heterocycles. The van der Waals surface area contributed by atoms with Crippen molar-refractivity contribution in [2.24, 2.45) is 0 Å². The number of nitrogens with one attached hydrogen (secondary N) is 1. The number of fused-ring (bicyclic) bond motifs is 1. The number of methoxy groups -OCH3 is 1. The minimum atomic E-state index is 0.0137. The molecule has 166 valence electrons. The summed E-state index contributed by atoms with van der Waals surface area (Å²) in [5.41, 5.74) is 2.51. The first-order valence-electron chi connectivity index (χ1n) is 11.0. The number of carbonyl (C=O) groups excluding carboxylic acids is 1. The van der Waals surface area contributed by atoms with E-state index in [4.69, 9.17) is 19.1 Å². The molecule has 3 heterocycles. The second-order valence-electron chi connectivity index (χ2n) is 8.13. The van der Waals surface area contributed by atoms with Gasteiger partial charge in [-0.2, -0.15) is 4.98 Å². The third kappa shape index (κ3) is 3.66. The quantitative estimate of drug-likeness (QED) is 0.656. The SMILES string of the molecule is CNc1nc(N2CCN(c3ccccc3OC)CC2)nc2c1C(=O)C[C@H](c1ccco1)C2. The Labute approximate surface area is 187 Å². The second-order valence-corrected chi connectivity index (χ2v) is 8.13. The van der Waals surface area contributed by atoms with E-state index >= 15 is 0 Å². The molecule has 8 heteroatoms. The Kier molecular flexibility index (Phi) is 5.43. The predicted molar refractivity (Wildman–Crippen MR) is 123 cm³/mol. The summed E-state index contributed by atoms with van der Waals surface area (Å²) >= 11 is 0. The van der Waals surface area contributed by atoms with E-state index in [2.05, 4.69) is 21.2 Å². The number of ketones is 1. The summed E-state index contributed by atoms with van der Waals surface area (Å²) in [6, 6.07) is 11.9. The number of piperazine rings is 1. The second kappa shape index (κ2) is 8.53. The number of hydrogen-bond donors (Lipinski definition) is 1. The molecule has 0 bridgehead atoms. The summed E-state index contributed by atoms with van der Waals surface area (Å²) in [6.45, 7) is 3.25. The van der Waals surface area contributed by atoms with Crippen molar-refractivity contribution >= 4 is 23.2 Å². The topological polar surface area (TPSA) is 83.7 Å². The third-order valence-corrected chi connectivity index (χ3v) is 6.29. The Morgan fingerprint density at radius 2 is 1.81 bits per heavy atom. The van der Waals surface area contributed by atoms with Crippen LogP contribution in [0.15, 0.2) is 47.1 Å². The van der Waals surface area contributed by atoms with Gasteiger partial charge in [0, 0.05) is 52.0 Å². The van der Waals surface area contributed by atoms with Crippen LogP contribution in [0.5, 0.6) is 5.75 Å². The summed E-state index contributed by atoms with van der Waals surface area (Å²) < 4.78 is 11.1. The third-order valence-electron chi connectivity index (χ3n) is 6.29. The molecule has 3 aromatic rings. The zero-order chi connectivity index (χ0) is 22.1. The highest BCUT2D eigenvalue weighted by Crippen LogP contribution is 2.36. The number of para-hydroxylation sites is 2. The highest BCUT2D eigenvalue weighted by atomic mass is 16.5. The van der Waals surface area contributed by atoms with Gasteiger partial charge in [0.2, 0.25) is 5.95 Å². The molecular formula is C24H27N5O3. The Hall–Kier alpha value is -3.55. The van der Waals surface area contributed by atoms with Gasteiger partial charge in [-0.3, -0.25) is 4.79 Å². The van der Waals surface area contributed by atoms with E-state index in [0.29, 0.717) is 30.2 Å². The molecule has 1 atom stereocenters. The lowest BCUT2D eigenvalue weighted by Gasteiger charge is -2.37. The normalized spacial score (nSPS) is 18.4. The standard InChI is InChI=1S/C24H27N5O3/c1-25-23-22-17(14-16(15-19(22)30)20-8-5-13-32-20)26-24(27-23)29-11-9-28(10-12-29)18-6-3-4-7-21(18)31-2/h3-8,13,16H,9-12,14-15H2,1-2H3,(H,25,26,27)/t16-/m1/s1. The fourth-order valence-electron chi connectivity index (χ4n) is 4.65. The lowest BCUT2D eigenvalue weighted by Crippen LogP contribution is -2.47. The lowest BCUT2D eigenvalue weighted by atomic mass is 9.84. The Morgan fingerprint density at radius 3 is 2.53 bits per heavy atom. The van der Waals surface area contributed by atoms with Crippen molar-refractivity contribution in [3.8, 4) is 5.75 Å². The molecule has 1 aromatic carbocycles. The maximum absolute atomic E-state index is 12.9. The van der Waals surface area contributed by atoms with Gasteiger partial charge in [-0.15, -0.1) is 0 Å². The Bertz CT molecular complexity index is 1110. The molecule has 0 radical (unpaired) electrons. The van der Waals surface area contributed by atoms with Crippen molar-refractivity contribution in [3.63, 3.8) is 0 Å².